The summed E-state index contributed by atoms with van der Waals surface area (Å²) in [6.07, 6.45) is 4.64. The smallest absolute Gasteiger partial charge is 0.261 e. The molecule has 0 bridgehead atoms. The van der Waals surface area contributed by atoms with Crippen molar-refractivity contribution < 1.29 is 13.2 Å². The van der Waals surface area contributed by atoms with Crippen molar-refractivity contribution in [3.63, 3.8) is 0 Å². The maximum Gasteiger partial charge on any atom is 0.261 e. The molecule has 0 unspecified atom stereocenters. The predicted octanol–water partition coefficient (Wildman–Crippen LogP) is 4.77. The van der Waals surface area contributed by atoms with E-state index in [0.717, 1.165) is 18.4 Å². The number of ether oxygens (including phenoxy) is 1. The van der Waals surface area contributed by atoms with E-state index in [2.05, 4.69) is 4.72 Å². The largest absolute Gasteiger partial charge is 0.489 e. The Labute approximate surface area is 147 Å². The second-order valence-electron chi connectivity index (χ2n) is 6.09. The molecule has 0 spiro atoms. The predicted molar refractivity (Wildman–Crippen MR) is 96.3 cm³/mol. The van der Waals surface area contributed by atoms with Crippen molar-refractivity contribution in [1.29, 1.82) is 0 Å². The molecule has 1 aliphatic rings. The number of anilines is 1. The highest BCUT2D eigenvalue weighted by molar-refractivity contribution is 7.92. The Morgan fingerprint density at radius 2 is 1.75 bits per heavy atom. The zero-order valence-corrected chi connectivity index (χ0v) is 15.0. The van der Waals surface area contributed by atoms with Gasteiger partial charge in [0.25, 0.3) is 10.0 Å². The average Bonchev–Trinajstić information content (AvgIpc) is 3.03. The van der Waals surface area contributed by atoms with E-state index >= 15 is 0 Å². The molecule has 0 aromatic heterocycles. The van der Waals surface area contributed by atoms with Gasteiger partial charge in [-0.2, -0.15) is 0 Å². The molecule has 0 heterocycles. The molecule has 4 nitrogen and oxygen atoms in total. The van der Waals surface area contributed by atoms with Crippen molar-refractivity contribution in [2.45, 2.75) is 43.6 Å². The summed E-state index contributed by atoms with van der Waals surface area (Å²) in [5.41, 5.74) is 1.42. The average molecular weight is 366 g/mol. The van der Waals surface area contributed by atoms with E-state index in [9.17, 15) is 8.42 Å². The zero-order chi connectivity index (χ0) is 17.2. The molecular weight excluding hydrogens is 346 g/mol. The van der Waals surface area contributed by atoms with Crippen LogP contribution in [-0.2, 0) is 10.0 Å². The van der Waals surface area contributed by atoms with E-state index in [4.69, 9.17) is 16.3 Å². The minimum atomic E-state index is -3.63. The fourth-order valence-electron chi connectivity index (χ4n) is 2.78. The van der Waals surface area contributed by atoms with E-state index in [1.807, 2.05) is 6.92 Å². The maximum absolute atomic E-state index is 12.4. The zero-order valence-electron chi connectivity index (χ0n) is 13.5. The molecule has 0 saturated heterocycles. The molecule has 24 heavy (non-hydrogen) atoms. The third-order valence-electron chi connectivity index (χ3n) is 4.11. The van der Waals surface area contributed by atoms with Gasteiger partial charge in [-0.25, -0.2) is 8.42 Å². The summed E-state index contributed by atoms with van der Waals surface area (Å²) in [7, 11) is -3.63. The molecule has 1 aliphatic carbocycles. The Balaban J connectivity index is 1.75. The minimum absolute atomic E-state index is 0.206. The van der Waals surface area contributed by atoms with Gasteiger partial charge in [0, 0.05) is 0 Å². The van der Waals surface area contributed by atoms with Crippen LogP contribution < -0.4 is 9.46 Å². The van der Waals surface area contributed by atoms with Crippen molar-refractivity contribution in [3.05, 3.63) is 53.1 Å². The molecule has 3 rings (SSSR count). The highest BCUT2D eigenvalue weighted by Crippen LogP contribution is 2.32. The second kappa shape index (κ2) is 7.03. The Bertz CT molecular complexity index is 813. The first-order valence-corrected chi connectivity index (χ1v) is 9.86. The number of rotatable bonds is 5. The summed E-state index contributed by atoms with van der Waals surface area (Å²) in [6.45, 7) is 1.91. The molecule has 0 atom stereocenters. The van der Waals surface area contributed by atoms with Crippen molar-refractivity contribution >= 4 is 27.3 Å². The first-order valence-electron chi connectivity index (χ1n) is 8.00. The summed E-state index contributed by atoms with van der Waals surface area (Å²) < 4.78 is 33.2. The summed E-state index contributed by atoms with van der Waals surface area (Å²) in [4.78, 5) is 0.218. The number of aryl methyl sites for hydroxylation is 1. The van der Waals surface area contributed by atoms with Gasteiger partial charge in [0.1, 0.15) is 5.75 Å². The van der Waals surface area contributed by atoms with Gasteiger partial charge in [0.15, 0.2) is 0 Å². The van der Waals surface area contributed by atoms with E-state index in [1.165, 1.54) is 12.8 Å². The molecule has 1 saturated carbocycles. The summed E-state index contributed by atoms with van der Waals surface area (Å²) >= 11 is 6.24. The first-order chi connectivity index (χ1) is 11.4. The summed E-state index contributed by atoms with van der Waals surface area (Å²) in [5, 5.41) is 0.408. The van der Waals surface area contributed by atoms with Crippen LogP contribution in [0.15, 0.2) is 47.4 Å². The molecule has 1 N–H and O–H groups in total. The van der Waals surface area contributed by atoms with Gasteiger partial charge in [-0.15, -0.1) is 0 Å². The molecule has 2 aromatic carbocycles. The van der Waals surface area contributed by atoms with Crippen LogP contribution in [0, 0.1) is 6.92 Å². The van der Waals surface area contributed by atoms with Gasteiger partial charge in [-0.05, 0) is 62.9 Å². The minimum Gasteiger partial charge on any atom is -0.489 e. The van der Waals surface area contributed by atoms with E-state index in [1.54, 1.807) is 42.5 Å². The monoisotopic (exact) mass is 365 g/mol. The topological polar surface area (TPSA) is 55.4 Å². The number of hydrogen-bond acceptors (Lipinski definition) is 3. The number of sulfonamides is 1. The van der Waals surface area contributed by atoms with Crippen LogP contribution in [0.1, 0.15) is 31.2 Å². The van der Waals surface area contributed by atoms with Gasteiger partial charge in [-0.3, -0.25) is 4.72 Å². The third-order valence-corrected chi connectivity index (χ3v) is 5.80. The number of halogens is 1. The van der Waals surface area contributed by atoms with Gasteiger partial charge >= 0.3 is 0 Å². The first kappa shape index (κ1) is 17.1. The van der Waals surface area contributed by atoms with E-state index < -0.39 is 10.0 Å². The highest BCUT2D eigenvalue weighted by Gasteiger charge is 2.19. The lowest BCUT2D eigenvalue weighted by atomic mass is 10.2. The number of hydrogen-bond donors (Lipinski definition) is 1. The van der Waals surface area contributed by atoms with Crippen LogP contribution >= 0.6 is 11.6 Å². The lowest BCUT2D eigenvalue weighted by molar-refractivity contribution is 0.210. The normalized spacial score (nSPS) is 15.4. The maximum atomic E-state index is 12.4. The van der Waals surface area contributed by atoms with Crippen molar-refractivity contribution in [2.24, 2.45) is 0 Å². The van der Waals surface area contributed by atoms with Crippen LogP contribution in [0.4, 0.5) is 5.69 Å². The molecule has 0 aliphatic heterocycles. The van der Waals surface area contributed by atoms with E-state index in [0.29, 0.717) is 16.5 Å². The van der Waals surface area contributed by atoms with Crippen molar-refractivity contribution in [1.82, 2.24) is 0 Å². The van der Waals surface area contributed by atoms with Gasteiger partial charge in [-0.1, -0.05) is 29.3 Å². The fraction of sp³-hybridized carbons (Fsp3) is 0.333. The molecule has 128 valence electrons. The quantitative estimate of drug-likeness (QED) is 0.830. The van der Waals surface area contributed by atoms with Crippen LogP contribution in [0.25, 0.3) is 0 Å². The SMILES string of the molecule is Cc1ccc(S(=O)(=O)Nc2ccc(OC3CCCC3)c(Cl)c2)cc1. The van der Waals surface area contributed by atoms with Gasteiger partial charge < -0.3 is 4.74 Å². The summed E-state index contributed by atoms with van der Waals surface area (Å²) in [5.74, 6) is 0.599. The van der Waals surface area contributed by atoms with E-state index in [-0.39, 0.29) is 11.0 Å². The van der Waals surface area contributed by atoms with Gasteiger partial charge in [0.2, 0.25) is 0 Å². The molecule has 6 heteroatoms. The lowest BCUT2D eigenvalue weighted by Gasteiger charge is -2.15. The van der Waals surface area contributed by atoms with Crippen molar-refractivity contribution in [3.8, 4) is 5.75 Å². The molecule has 0 amide bonds. The van der Waals surface area contributed by atoms with Crippen LogP contribution in [0.2, 0.25) is 5.02 Å². The van der Waals surface area contributed by atoms with Gasteiger partial charge in [0.05, 0.1) is 21.7 Å². The Hall–Kier alpha value is -1.72. The van der Waals surface area contributed by atoms with Crippen LogP contribution in [-0.4, -0.2) is 14.5 Å². The lowest BCUT2D eigenvalue weighted by Crippen LogP contribution is -2.13. The number of benzene rings is 2. The Kier molecular flexibility index (Phi) is 5.01. The Morgan fingerprint density at radius 3 is 2.38 bits per heavy atom. The highest BCUT2D eigenvalue weighted by atomic mass is 35.5. The Morgan fingerprint density at radius 1 is 1.08 bits per heavy atom. The van der Waals surface area contributed by atoms with Crippen LogP contribution in [0.5, 0.6) is 5.75 Å². The molecule has 2 aromatic rings. The molecular formula is C18H20ClNO3S. The standard InChI is InChI=1S/C18H20ClNO3S/c1-13-6-9-16(10-7-13)24(21,22)20-14-8-11-18(17(19)12-14)23-15-4-2-3-5-15/h6-12,15,20H,2-5H2,1H3. The molecule has 1 fully saturated rings. The third kappa shape index (κ3) is 4.02. The van der Waals surface area contributed by atoms with Crippen LogP contribution in [0.3, 0.4) is 0 Å². The fourth-order valence-corrected chi connectivity index (χ4v) is 4.05. The summed E-state index contributed by atoms with van der Waals surface area (Å²) in [6, 6.07) is 11.7. The van der Waals surface area contributed by atoms with Crippen molar-refractivity contribution in [2.75, 3.05) is 4.72 Å². The number of nitrogens with one attached hydrogen (secondary N) is 1. The molecule has 0 radical (unpaired) electrons. The second-order valence-corrected chi connectivity index (χ2v) is 8.18.